The van der Waals surface area contributed by atoms with Crippen molar-refractivity contribution in [3.05, 3.63) is 41.1 Å². The van der Waals surface area contributed by atoms with E-state index < -0.39 is 0 Å². The van der Waals surface area contributed by atoms with Gasteiger partial charge in [-0.3, -0.25) is 4.98 Å². The fraction of sp³-hybridized carbons (Fsp3) is 0.182. The van der Waals surface area contributed by atoms with E-state index in [4.69, 9.17) is 11.6 Å². The number of hydrogen-bond donors (Lipinski definition) is 0. The van der Waals surface area contributed by atoms with Crippen molar-refractivity contribution in [3.63, 3.8) is 0 Å². The second kappa shape index (κ2) is 3.95. The van der Waals surface area contributed by atoms with Crippen molar-refractivity contribution in [3.8, 4) is 11.3 Å². The summed E-state index contributed by atoms with van der Waals surface area (Å²) in [5, 5.41) is 0.487. The summed E-state index contributed by atoms with van der Waals surface area (Å²) in [7, 11) is 0. The van der Waals surface area contributed by atoms with Crippen LogP contribution in [0.2, 0.25) is 5.15 Å². The molecule has 0 bridgehead atoms. The van der Waals surface area contributed by atoms with Crippen molar-refractivity contribution in [1.29, 1.82) is 0 Å². The number of rotatable bonds is 1. The highest BCUT2D eigenvalue weighted by Gasteiger charge is 2.07. The highest BCUT2D eigenvalue weighted by molar-refractivity contribution is 6.30. The molecule has 0 radical (unpaired) electrons. The van der Waals surface area contributed by atoms with Gasteiger partial charge in [-0.15, -0.1) is 0 Å². The lowest BCUT2D eigenvalue weighted by Gasteiger charge is -2.05. The molecule has 2 aromatic heterocycles. The molecule has 0 aromatic carbocycles. The minimum Gasteiger partial charge on any atom is -0.261 e. The Morgan fingerprint density at radius 1 is 1.07 bits per heavy atom. The van der Waals surface area contributed by atoms with Gasteiger partial charge in [0.15, 0.2) is 0 Å². The Morgan fingerprint density at radius 2 is 1.87 bits per heavy atom. The number of halogens is 1. The van der Waals surface area contributed by atoms with Crippen LogP contribution in [0.3, 0.4) is 0 Å². The molecule has 76 valence electrons. The van der Waals surface area contributed by atoms with E-state index in [2.05, 4.69) is 15.0 Å². The molecule has 0 atom stereocenters. The number of aromatic nitrogens is 3. The standard InChI is InChI=1S/C11H10ClN3/c1-7-3-4-9(5-13-7)10-8(2)11(12)15-6-14-10/h3-6H,1-2H3. The predicted octanol–water partition coefficient (Wildman–Crippen LogP) is 2.81. The lowest BCUT2D eigenvalue weighted by molar-refractivity contribution is 1.12. The summed E-state index contributed by atoms with van der Waals surface area (Å²) >= 11 is 5.92. The van der Waals surface area contributed by atoms with Gasteiger partial charge in [-0.25, -0.2) is 9.97 Å². The SMILES string of the molecule is Cc1ccc(-c2ncnc(Cl)c2C)cn1. The fourth-order valence-corrected chi connectivity index (χ4v) is 1.46. The minimum absolute atomic E-state index is 0.487. The fourth-order valence-electron chi connectivity index (χ4n) is 1.33. The Balaban J connectivity index is 2.54. The molecule has 2 rings (SSSR count). The molecule has 0 aliphatic carbocycles. The highest BCUT2D eigenvalue weighted by atomic mass is 35.5. The topological polar surface area (TPSA) is 38.7 Å². The summed E-state index contributed by atoms with van der Waals surface area (Å²) in [4.78, 5) is 12.3. The molecule has 0 aliphatic rings. The van der Waals surface area contributed by atoms with E-state index in [-0.39, 0.29) is 0 Å². The van der Waals surface area contributed by atoms with Crippen molar-refractivity contribution < 1.29 is 0 Å². The number of aryl methyl sites for hydroxylation is 1. The van der Waals surface area contributed by atoms with E-state index >= 15 is 0 Å². The Hall–Kier alpha value is -1.48. The van der Waals surface area contributed by atoms with Crippen LogP contribution >= 0.6 is 11.6 Å². The largest absolute Gasteiger partial charge is 0.261 e. The van der Waals surface area contributed by atoms with Crippen molar-refractivity contribution in [2.45, 2.75) is 13.8 Å². The van der Waals surface area contributed by atoms with Gasteiger partial charge in [-0.1, -0.05) is 11.6 Å². The van der Waals surface area contributed by atoms with Crippen LogP contribution in [0.15, 0.2) is 24.7 Å². The van der Waals surface area contributed by atoms with E-state index in [1.165, 1.54) is 6.33 Å². The van der Waals surface area contributed by atoms with Gasteiger partial charge in [-0.05, 0) is 26.0 Å². The molecule has 0 spiro atoms. The van der Waals surface area contributed by atoms with Crippen LogP contribution in [0, 0.1) is 13.8 Å². The first-order valence-corrected chi connectivity index (χ1v) is 4.96. The molecule has 2 heterocycles. The Bertz CT molecular complexity index is 480. The number of hydrogen-bond acceptors (Lipinski definition) is 3. The Labute approximate surface area is 93.2 Å². The van der Waals surface area contributed by atoms with Crippen LogP contribution in [0.25, 0.3) is 11.3 Å². The van der Waals surface area contributed by atoms with Gasteiger partial charge in [0.2, 0.25) is 0 Å². The third kappa shape index (κ3) is 1.97. The smallest absolute Gasteiger partial charge is 0.135 e. The number of nitrogens with zero attached hydrogens (tertiary/aromatic N) is 3. The number of pyridine rings is 1. The zero-order chi connectivity index (χ0) is 10.8. The van der Waals surface area contributed by atoms with Gasteiger partial charge in [0.05, 0.1) is 5.69 Å². The minimum atomic E-state index is 0.487. The van der Waals surface area contributed by atoms with Gasteiger partial charge in [0.1, 0.15) is 11.5 Å². The monoisotopic (exact) mass is 219 g/mol. The maximum atomic E-state index is 5.92. The lowest BCUT2D eigenvalue weighted by Crippen LogP contribution is -1.92. The average molecular weight is 220 g/mol. The maximum absolute atomic E-state index is 5.92. The molecule has 0 fully saturated rings. The van der Waals surface area contributed by atoms with Gasteiger partial charge in [0.25, 0.3) is 0 Å². The summed E-state index contributed by atoms with van der Waals surface area (Å²) in [6.07, 6.45) is 3.26. The lowest BCUT2D eigenvalue weighted by atomic mass is 10.1. The molecule has 3 nitrogen and oxygen atoms in total. The van der Waals surface area contributed by atoms with Crippen molar-refractivity contribution in [2.24, 2.45) is 0 Å². The van der Waals surface area contributed by atoms with E-state index in [1.54, 1.807) is 6.20 Å². The molecule has 15 heavy (non-hydrogen) atoms. The van der Waals surface area contributed by atoms with Crippen LogP contribution in [0.4, 0.5) is 0 Å². The van der Waals surface area contributed by atoms with Crippen molar-refractivity contribution in [1.82, 2.24) is 15.0 Å². The van der Waals surface area contributed by atoms with Crippen LogP contribution < -0.4 is 0 Å². The summed E-state index contributed by atoms with van der Waals surface area (Å²) in [5.41, 5.74) is 3.66. The van der Waals surface area contributed by atoms with Crippen LogP contribution in [-0.2, 0) is 0 Å². The second-order valence-corrected chi connectivity index (χ2v) is 3.68. The molecule has 2 aromatic rings. The molecular weight excluding hydrogens is 210 g/mol. The molecule has 0 amide bonds. The molecule has 0 aliphatic heterocycles. The van der Waals surface area contributed by atoms with Crippen LogP contribution in [0.5, 0.6) is 0 Å². The Morgan fingerprint density at radius 3 is 2.53 bits per heavy atom. The second-order valence-electron chi connectivity index (χ2n) is 3.33. The zero-order valence-electron chi connectivity index (χ0n) is 8.53. The molecule has 4 heteroatoms. The van der Waals surface area contributed by atoms with Crippen molar-refractivity contribution >= 4 is 11.6 Å². The molecule has 0 unspecified atom stereocenters. The normalized spacial score (nSPS) is 10.3. The predicted molar refractivity (Wildman–Crippen MR) is 59.7 cm³/mol. The summed E-state index contributed by atoms with van der Waals surface area (Å²) < 4.78 is 0. The van der Waals surface area contributed by atoms with E-state index in [0.29, 0.717) is 5.15 Å². The van der Waals surface area contributed by atoms with Gasteiger partial charge >= 0.3 is 0 Å². The highest BCUT2D eigenvalue weighted by Crippen LogP contribution is 2.23. The summed E-state index contributed by atoms with van der Waals surface area (Å²) in [5.74, 6) is 0. The molecule has 0 saturated carbocycles. The van der Waals surface area contributed by atoms with Crippen LogP contribution in [-0.4, -0.2) is 15.0 Å². The quantitative estimate of drug-likeness (QED) is 0.693. The zero-order valence-corrected chi connectivity index (χ0v) is 9.28. The molecule has 0 saturated heterocycles. The van der Waals surface area contributed by atoms with Gasteiger partial charge in [0, 0.05) is 23.0 Å². The van der Waals surface area contributed by atoms with E-state index in [0.717, 1.165) is 22.5 Å². The van der Waals surface area contributed by atoms with Crippen LogP contribution in [0.1, 0.15) is 11.3 Å². The van der Waals surface area contributed by atoms with E-state index in [1.807, 2.05) is 26.0 Å². The maximum Gasteiger partial charge on any atom is 0.135 e. The summed E-state index contributed by atoms with van der Waals surface area (Å²) in [6.45, 7) is 3.85. The third-order valence-electron chi connectivity index (χ3n) is 2.21. The summed E-state index contributed by atoms with van der Waals surface area (Å²) in [6, 6.07) is 3.93. The average Bonchev–Trinajstić information content (AvgIpc) is 2.24. The first-order chi connectivity index (χ1) is 7.18. The third-order valence-corrected chi connectivity index (χ3v) is 2.59. The Kier molecular flexibility index (Phi) is 2.64. The first-order valence-electron chi connectivity index (χ1n) is 4.58. The van der Waals surface area contributed by atoms with E-state index in [9.17, 15) is 0 Å². The molecule has 0 N–H and O–H groups in total. The van der Waals surface area contributed by atoms with Gasteiger partial charge in [-0.2, -0.15) is 0 Å². The molecular formula is C11H10ClN3. The first kappa shape index (κ1) is 10.1. The van der Waals surface area contributed by atoms with Gasteiger partial charge < -0.3 is 0 Å². The van der Waals surface area contributed by atoms with Crippen molar-refractivity contribution in [2.75, 3.05) is 0 Å².